The number of nitriles is 1. The van der Waals surface area contributed by atoms with Gasteiger partial charge in [0, 0.05) is 0 Å². The lowest BCUT2D eigenvalue weighted by Gasteiger charge is -1.46. The molecule has 0 aromatic rings. The molecule has 0 rings (SSSR count). The van der Waals surface area contributed by atoms with E-state index < -0.39 is 8.61 Å². The zero-order chi connectivity index (χ0) is 4.12. The molecule has 0 spiro atoms. The highest BCUT2D eigenvalue weighted by Gasteiger charge is 1.70. The molecule has 1 atom stereocenters. The molecule has 1 N–H and O–H groups in total. The van der Waals surface area contributed by atoms with Gasteiger partial charge in [0.05, 0.1) is 0 Å². The minimum Gasteiger partial charge on any atom is -0.169 e. The lowest BCUT2D eigenvalue weighted by atomic mass is 11.5. The summed E-state index contributed by atoms with van der Waals surface area (Å²) < 4.78 is 9.22. The number of rotatable bonds is 1. The number of nitrogens with zero attached hydrogens (tertiary/aromatic N) is 1. The molecule has 26 valence electrons. The van der Waals surface area contributed by atoms with Gasteiger partial charge in [-0.25, -0.2) is 0 Å². The quantitative estimate of drug-likeness (QED) is 0.279. The summed E-state index contributed by atoms with van der Waals surface area (Å²) in [5, 5.41) is 9.40. The lowest BCUT2D eigenvalue weighted by Crippen LogP contribution is -1.77. The normalized spacial score (nSPS) is 6.20. The molecule has 0 aromatic carbocycles. The van der Waals surface area contributed by atoms with Crippen LogP contribution >= 0.6 is 8.61 Å². The van der Waals surface area contributed by atoms with Crippen molar-refractivity contribution in [3.8, 4) is 6.19 Å². The topological polar surface area (TPSA) is 52.9 Å². The summed E-state index contributed by atoms with van der Waals surface area (Å²) in [6.07, 6.45) is 1.47. The number of hydrogen-bond acceptors (Lipinski definition) is 2. The molecule has 3 nitrogen and oxygen atoms in total. The Bertz CT molecular complexity index is 64.5. The third-order valence-corrected chi connectivity index (χ3v) is 0.321. The summed E-state index contributed by atoms with van der Waals surface area (Å²) in [6.45, 7) is 0. The van der Waals surface area contributed by atoms with E-state index in [4.69, 9.17) is 5.26 Å². The van der Waals surface area contributed by atoms with Crippen LogP contribution < -0.4 is 5.09 Å². The summed E-state index contributed by atoms with van der Waals surface area (Å²) in [7, 11) is -0.703. The Labute approximate surface area is 30.9 Å². The third-order valence-electron chi connectivity index (χ3n) is 0.107. The molecular formula is CH2N2OP+. The molecule has 0 aliphatic carbocycles. The zero-order valence-corrected chi connectivity index (χ0v) is 3.36. The van der Waals surface area contributed by atoms with Crippen LogP contribution in [-0.2, 0) is 4.57 Å². The molecule has 0 bridgehead atoms. The molecular weight excluding hydrogens is 87.0 g/mol. The van der Waals surface area contributed by atoms with E-state index in [1.54, 1.807) is 0 Å². The molecule has 0 saturated heterocycles. The van der Waals surface area contributed by atoms with Gasteiger partial charge >= 0.3 is 8.61 Å². The summed E-state index contributed by atoms with van der Waals surface area (Å²) in [4.78, 5) is 0. The fourth-order valence-electron chi connectivity index (χ4n) is 0.0228. The van der Waals surface area contributed by atoms with Gasteiger partial charge in [-0.3, -0.25) is 0 Å². The van der Waals surface area contributed by atoms with Crippen LogP contribution in [-0.4, -0.2) is 0 Å². The van der Waals surface area contributed by atoms with Crippen LogP contribution in [0.5, 0.6) is 0 Å². The maximum absolute atomic E-state index is 9.22. The Hall–Kier alpha value is -0.610. The maximum Gasteiger partial charge on any atom is 0.455 e. The van der Waals surface area contributed by atoms with E-state index in [-0.39, 0.29) is 0 Å². The molecule has 0 fully saturated rings. The van der Waals surface area contributed by atoms with E-state index in [0.717, 1.165) is 0 Å². The van der Waals surface area contributed by atoms with Crippen molar-refractivity contribution in [2.45, 2.75) is 0 Å². The van der Waals surface area contributed by atoms with E-state index in [0.29, 0.717) is 0 Å². The van der Waals surface area contributed by atoms with Gasteiger partial charge in [0.15, 0.2) is 0 Å². The van der Waals surface area contributed by atoms with Gasteiger partial charge in [-0.05, 0) is 4.57 Å². The standard InChI is InChI=1S/CHN2OP/c2-1-3-5-4/h(H,3,4)/p+1. The maximum atomic E-state index is 9.22. The van der Waals surface area contributed by atoms with Crippen molar-refractivity contribution < 1.29 is 4.57 Å². The Kier molecular flexibility index (Phi) is 2.98. The molecule has 0 amide bonds. The SMILES string of the molecule is N#CN[PH+]=O. The second-order valence-corrected chi connectivity index (χ2v) is 0.793. The fraction of sp³-hybridized carbons (Fsp3) is 0. The molecule has 0 aromatic heterocycles. The first-order valence-electron chi connectivity index (χ1n) is 0.928. The fourth-order valence-corrected chi connectivity index (χ4v) is 0.0685. The summed E-state index contributed by atoms with van der Waals surface area (Å²) >= 11 is 0. The molecule has 5 heavy (non-hydrogen) atoms. The van der Waals surface area contributed by atoms with Gasteiger partial charge in [-0.15, -0.1) is 5.09 Å². The van der Waals surface area contributed by atoms with Crippen LogP contribution in [0.4, 0.5) is 0 Å². The van der Waals surface area contributed by atoms with Crippen molar-refractivity contribution in [1.29, 1.82) is 5.26 Å². The van der Waals surface area contributed by atoms with Crippen LogP contribution in [0.3, 0.4) is 0 Å². The predicted octanol–water partition coefficient (Wildman–Crippen LogP) is -0.00392. The van der Waals surface area contributed by atoms with Crippen molar-refractivity contribution in [2.75, 3.05) is 0 Å². The van der Waals surface area contributed by atoms with Crippen LogP contribution in [0.2, 0.25) is 0 Å². The van der Waals surface area contributed by atoms with Crippen molar-refractivity contribution in [3.05, 3.63) is 0 Å². The van der Waals surface area contributed by atoms with Gasteiger partial charge in [0.25, 0.3) is 0 Å². The van der Waals surface area contributed by atoms with Gasteiger partial charge in [-0.2, -0.15) is 5.26 Å². The van der Waals surface area contributed by atoms with Crippen LogP contribution in [0.25, 0.3) is 0 Å². The minimum atomic E-state index is -0.703. The zero-order valence-electron chi connectivity index (χ0n) is 2.36. The minimum absolute atomic E-state index is 0.703. The van der Waals surface area contributed by atoms with Gasteiger partial charge in [-0.1, -0.05) is 0 Å². The molecule has 0 heterocycles. The monoisotopic (exact) mass is 89.0 g/mol. The second kappa shape index (κ2) is 3.39. The molecule has 1 unspecified atom stereocenters. The smallest absolute Gasteiger partial charge is 0.169 e. The van der Waals surface area contributed by atoms with Crippen molar-refractivity contribution in [1.82, 2.24) is 5.09 Å². The third kappa shape index (κ3) is 3.39. The highest BCUT2D eigenvalue weighted by atomic mass is 31.1. The predicted molar refractivity (Wildman–Crippen MR) is 17.8 cm³/mol. The van der Waals surface area contributed by atoms with Gasteiger partial charge in [0.2, 0.25) is 6.19 Å². The van der Waals surface area contributed by atoms with E-state index >= 15 is 0 Å². The lowest BCUT2D eigenvalue weighted by molar-refractivity contribution is 0.596. The molecule has 0 radical (unpaired) electrons. The highest BCUT2D eigenvalue weighted by molar-refractivity contribution is 7.21. The van der Waals surface area contributed by atoms with Crippen LogP contribution in [0.1, 0.15) is 0 Å². The first kappa shape index (κ1) is 4.39. The molecule has 4 heteroatoms. The molecule has 0 saturated carbocycles. The van der Waals surface area contributed by atoms with Crippen molar-refractivity contribution >= 4 is 8.61 Å². The van der Waals surface area contributed by atoms with Gasteiger partial charge in [0.1, 0.15) is 0 Å². The van der Waals surface area contributed by atoms with E-state index in [9.17, 15) is 4.57 Å². The first-order valence-corrected chi connectivity index (χ1v) is 1.84. The summed E-state index contributed by atoms with van der Waals surface area (Å²) in [5.41, 5.74) is 0. The highest BCUT2D eigenvalue weighted by Crippen LogP contribution is 1.71. The number of nitrogens with one attached hydrogen (secondary N) is 1. The Morgan fingerprint density at radius 2 is 2.60 bits per heavy atom. The molecule has 0 aliphatic heterocycles. The van der Waals surface area contributed by atoms with Crippen LogP contribution in [0, 0.1) is 11.5 Å². The second-order valence-electron chi connectivity index (χ2n) is 0.339. The van der Waals surface area contributed by atoms with Crippen molar-refractivity contribution in [3.63, 3.8) is 0 Å². The summed E-state index contributed by atoms with van der Waals surface area (Å²) in [6, 6.07) is 0. The Morgan fingerprint density at radius 1 is 2.00 bits per heavy atom. The molecule has 0 aliphatic rings. The first-order chi connectivity index (χ1) is 2.41. The average molecular weight is 89.0 g/mol. The van der Waals surface area contributed by atoms with Crippen LogP contribution in [0.15, 0.2) is 0 Å². The number of hydrogen-bond donors (Lipinski definition) is 1. The largest absolute Gasteiger partial charge is 0.455 e. The van der Waals surface area contributed by atoms with E-state index in [2.05, 4.69) is 0 Å². The van der Waals surface area contributed by atoms with E-state index in [1.807, 2.05) is 5.09 Å². The Morgan fingerprint density at radius 3 is 2.60 bits per heavy atom. The van der Waals surface area contributed by atoms with Crippen molar-refractivity contribution in [2.24, 2.45) is 0 Å². The summed E-state index contributed by atoms with van der Waals surface area (Å²) in [5.74, 6) is 0. The van der Waals surface area contributed by atoms with Gasteiger partial charge < -0.3 is 0 Å². The van der Waals surface area contributed by atoms with E-state index in [1.165, 1.54) is 6.19 Å². The average Bonchev–Trinajstić information content (AvgIpc) is 1.41. The Balaban J connectivity index is 2.75.